The van der Waals surface area contributed by atoms with Gasteiger partial charge in [0.2, 0.25) is 12.0 Å². The van der Waals surface area contributed by atoms with Gasteiger partial charge in [-0.25, -0.2) is 27.3 Å². The van der Waals surface area contributed by atoms with E-state index in [0.717, 1.165) is 0 Å². The number of alkyl halides is 1. The van der Waals surface area contributed by atoms with Crippen LogP contribution in [-0.4, -0.2) is 44.2 Å². The fourth-order valence-corrected chi connectivity index (χ4v) is 3.07. The fourth-order valence-electron chi connectivity index (χ4n) is 3.07. The highest BCUT2D eigenvalue weighted by molar-refractivity contribution is 5.77. The topological polar surface area (TPSA) is 80.5 Å². The molecule has 2 aromatic rings. The molecule has 148 valence electrons. The van der Waals surface area contributed by atoms with Crippen LogP contribution in [0, 0.1) is 17.5 Å². The summed E-state index contributed by atoms with van der Waals surface area (Å²) in [6, 6.07) is 0.0730. The number of isocyanates is 1. The van der Waals surface area contributed by atoms with Gasteiger partial charge in [0, 0.05) is 19.2 Å². The summed E-state index contributed by atoms with van der Waals surface area (Å²) in [6.07, 6.45) is 0.770. The Morgan fingerprint density at radius 3 is 2.64 bits per heavy atom. The second-order valence-electron chi connectivity index (χ2n) is 6.27. The van der Waals surface area contributed by atoms with Crippen LogP contribution < -0.4 is 0 Å². The number of benzene rings is 1. The zero-order chi connectivity index (χ0) is 20.3. The molecule has 1 atom stereocenters. The average molecular weight is 397 g/mol. The Hall–Kier alpha value is -3.07. The normalized spacial score (nSPS) is 14.4. The van der Waals surface area contributed by atoms with Crippen molar-refractivity contribution < 1.29 is 27.2 Å². The highest BCUT2D eigenvalue weighted by Crippen LogP contribution is 2.19. The van der Waals surface area contributed by atoms with Crippen molar-refractivity contribution in [3.8, 4) is 0 Å². The van der Waals surface area contributed by atoms with Gasteiger partial charge >= 0.3 is 0 Å². The van der Waals surface area contributed by atoms with E-state index in [0.29, 0.717) is 24.5 Å². The molecule has 0 radical (unpaired) electrons. The molecule has 0 saturated heterocycles. The summed E-state index contributed by atoms with van der Waals surface area (Å²) in [5, 5.41) is 7.54. The van der Waals surface area contributed by atoms with Crippen molar-refractivity contribution in [1.29, 1.82) is 0 Å². The van der Waals surface area contributed by atoms with Crippen LogP contribution in [-0.2, 0) is 35.8 Å². The van der Waals surface area contributed by atoms with Crippen molar-refractivity contribution in [2.45, 2.75) is 38.6 Å². The number of hydrogen-bond acceptors (Lipinski definition) is 5. The first-order chi connectivity index (χ1) is 13.4. The van der Waals surface area contributed by atoms with Crippen LogP contribution in [0.1, 0.15) is 23.6 Å². The molecule has 0 N–H and O–H groups in total. The number of rotatable bonds is 6. The lowest BCUT2D eigenvalue weighted by molar-refractivity contribution is -0.133. The van der Waals surface area contributed by atoms with Crippen molar-refractivity contribution in [2.24, 2.45) is 4.99 Å². The Balaban J connectivity index is 1.70. The number of amides is 1. The number of nitrogens with zero attached hydrogens (tertiary/aromatic N) is 5. The van der Waals surface area contributed by atoms with Crippen molar-refractivity contribution >= 4 is 12.0 Å². The van der Waals surface area contributed by atoms with Gasteiger partial charge in [0.1, 0.15) is 12.5 Å². The smallest absolute Gasteiger partial charge is 0.235 e. The molecule has 0 aliphatic carbocycles. The van der Waals surface area contributed by atoms with Crippen molar-refractivity contribution in [3.63, 3.8) is 0 Å². The summed E-state index contributed by atoms with van der Waals surface area (Å²) < 4.78 is 54.6. The summed E-state index contributed by atoms with van der Waals surface area (Å²) in [4.78, 5) is 28.1. The molecule has 0 bridgehead atoms. The molecule has 1 unspecified atom stereocenters. The minimum Gasteiger partial charge on any atom is -0.333 e. The first-order valence-corrected chi connectivity index (χ1v) is 8.38. The van der Waals surface area contributed by atoms with Gasteiger partial charge in [0.25, 0.3) is 0 Å². The van der Waals surface area contributed by atoms with Gasteiger partial charge in [-0.1, -0.05) is 0 Å². The summed E-state index contributed by atoms with van der Waals surface area (Å²) >= 11 is 0. The van der Waals surface area contributed by atoms with E-state index in [1.807, 2.05) is 0 Å². The third kappa shape index (κ3) is 4.09. The summed E-state index contributed by atoms with van der Waals surface area (Å²) in [5.41, 5.74) is -0.207. The van der Waals surface area contributed by atoms with Gasteiger partial charge in [-0.2, -0.15) is 0 Å². The molecule has 0 saturated carbocycles. The lowest BCUT2D eigenvalue weighted by Gasteiger charge is -2.28. The molecule has 28 heavy (non-hydrogen) atoms. The van der Waals surface area contributed by atoms with E-state index in [1.165, 1.54) is 11.0 Å². The van der Waals surface area contributed by atoms with Gasteiger partial charge in [-0.05, 0) is 18.1 Å². The first-order valence-electron chi connectivity index (χ1n) is 8.38. The monoisotopic (exact) mass is 397 g/mol. The molecule has 1 amide bonds. The molecule has 1 aliphatic heterocycles. The largest absolute Gasteiger partial charge is 0.333 e. The van der Waals surface area contributed by atoms with Gasteiger partial charge < -0.3 is 9.47 Å². The maximum Gasteiger partial charge on any atom is 0.235 e. The zero-order valence-corrected chi connectivity index (χ0v) is 14.5. The molecule has 2 heterocycles. The number of fused-ring (bicyclic) bond motifs is 1. The molecule has 7 nitrogen and oxygen atoms in total. The lowest BCUT2D eigenvalue weighted by Crippen LogP contribution is -2.40. The fraction of sp³-hybridized carbons (Fsp3) is 0.412. The van der Waals surface area contributed by atoms with Crippen LogP contribution in [0.4, 0.5) is 17.6 Å². The second kappa shape index (κ2) is 8.30. The first kappa shape index (κ1) is 19.7. The van der Waals surface area contributed by atoms with E-state index in [9.17, 15) is 27.2 Å². The number of carbonyl (C=O) groups excluding carboxylic acids is 2. The Labute approximate surface area is 156 Å². The van der Waals surface area contributed by atoms with Gasteiger partial charge in [0.15, 0.2) is 23.3 Å². The van der Waals surface area contributed by atoms with E-state index in [-0.39, 0.29) is 37.3 Å². The van der Waals surface area contributed by atoms with E-state index < -0.39 is 36.1 Å². The highest BCUT2D eigenvalue weighted by Gasteiger charge is 2.26. The minimum atomic E-state index is -1.34. The van der Waals surface area contributed by atoms with Gasteiger partial charge in [-0.15, -0.1) is 10.2 Å². The van der Waals surface area contributed by atoms with Crippen molar-refractivity contribution in [3.05, 3.63) is 46.8 Å². The Morgan fingerprint density at radius 1 is 1.18 bits per heavy atom. The Morgan fingerprint density at radius 2 is 1.93 bits per heavy atom. The number of aromatic nitrogens is 3. The number of halogens is 4. The van der Waals surface area contributed by atoms with Crippen LogP contribution in [0.25, 0.3) is 0 Å². The zero-order valence-electron chi connectivity index (χ0n) is 14.5. The van der Waals surface area contributed by atoms with Gasteiger partial charge in [-0.3, -0.25) is 4.79 Å². The van der Waals surface area contributed by atoms with Gasteiger partial charge in [0.05, 0.1) is 19.0 Å². The summed E-state index contributed by atoms with van der Waals surface area (Å²) in [7, 11) is 0. The van der Waals surface area contributed by atoms with E-state index >= 15 is 0 Å². The molecule has 11 heteroatoms. The van der Waals surface area contributed by atoms with Crippen LogP contribution in [0.2, 0.25) is 0 Å². The minimum absolute atomic E-state index is 0.100. The summed E-state index contributed by atoms with van der Waals surface area (Å²) in [5.74, 6) is -3.37. The molecule has 0 spiro atoms. The van der Waals surface area contributed by atoms with Crippen LogP contribution >= 0.6 is 0 Å². The van der Waals surface area contributed by atoms with E-state index in [2.05, 4.69) is 15.2 Å². The van der Waals surface area contributed by atoms with Crippen molar-refractivity contribution in [1.82, 2.24) is 19.7 Å². The third-order valence-corrected chi connectivity index (χ3v) is 4.49. The predicted molar refractivity (Wildman–Crippen MR) is 86.8 cm³/mol. The highest BCUT2D eigenvalue weighted by atomic mass is 19.2. The molecule has 3 rings (SSSR count). The number of hydrogen-bond donors (Lipinski definition) is 0. The number of aliphatic imine (C=N–C) groups is 1. The maximum absolute atomic E-state index is 13.8. The standard InChI is InChI=1S/C17H15F4N5O2/c18-7-15-23-24-16-8-25(1-2-26(15)16)17(28)5-11(22-9-27)3-10-4-13(20)14(21)6-12(10)19/h4,6,11H,1-3,5,7-8H2. The van der Waals surface area contributed by atoms with E-state index in [4.69, 9.17) is 0 Å². The third-order valence-electron chi connectivity index (χ3n) is 4.49. The Bertz CT molecular complexity index is 942. The molecular formula is C17H15F4N5O2. The van der Waals surface area contributed by atoms with E-state index in [1.54, 1.807) is 4.57 Å². The summed E-state index contributed by atoms with van der Waals surface area (Å²) in [6.45, 7) is -0.0829. The van der Waals surface area contributed by atoms with Crippen LogP contribution in [0.5, 0.6) is 0 Å². The maximum atomic E-state index is 13.8. The molecule has 0 fully saturated rings. The van der Waals surface area contributed by atoms with Crippen LogP contribution in [0.15, 0.2) is 17.1 Å². The molecular weight excluding hydrogens is 382 g/mol. The molecule has 1 aliphatic rings. The average Bonchev–Trinajstić information content (AvgIpc) is 3.08. The molecule has 1 aromatic heterocycles. The second-order valence-corrected chi connectivity index (χ2v) is 6.27. The molecule has 1 aromatic carbocycles. The lowest BCUT2D eigenvalue weighted by atomic mass is 10.0. The quantitative estimate of drug-likeness (QED) is 0.323. The van der Waals surface area contributed by atoms with Crippen molar-refractivity contribution in [2.75, 3.05) is 6.54 Å². The number of carbonyl (C=O) groups is 1. The predicted octanol–water partition coefficient (Wildman–Crippen LogP) is 1.84. The SMILES string of the molecule is O=C=NC(CC(=O)N1CCn2c(CF)nnc2C1)Cc1cc(F)c(F)cc1F. The van der Waals surface area contributed by atoms with Crippen LogP contribution in [0.3, 0.4) is 0 Å². The Kier molecular flexibility index (Phi) is 5.84.